The van der Waals surface area contributed by atoms with Gasteiger partial charge in [-0.05, 0) is 78.4 Å². The van der Waals surface area contributed by atoms with Crippen LogP contribution in [0.15, 0.2) is 212 Å². The molecule has 14 rings (SSSR count). The second kappa shape index (κ2) is 14.9. The molecule has 0 atom stereocenters. The van der Waals surface area contributed by atoms with Gasteiger partial charge in [0, 0.05) is 54.3 Å². The van der Waals surface area contributed by atoms with Crippen LogP contribution in [0.2, 0.25) is 0 Å². The van der Waals surface area contributed by atoms with Crippen LogP contribution in [0.5, 0.6) is 0 Å². The van der Waals surface area contributed by atoms with E-state index in [-0.39, 0.29) is 0 Å². The van der Waals surface area contributed by atoms with Crippen molar-refractivity contribution in [1.29, 1.82) is 15.8 Å². The van der Waals surface area contributed by atoms with E-state index in [2.05, 4.69) is 200 Å². The van der Waals surface area contributed by atoms with Gasteiger partial charge in [0.15, 0.2) is 0 Å². The quantitative estimate of drug-likeness (QED) is 0.172. The molecule has 4 aromatic heterocycles. The maximum absolute atomic E-state index is 12.0. The van der Waals surface area contributed by atoms with Crippen molar-refractivity contribution in [3.8, 4) is 52.1 Å². The minimum absolute atomic E-state index is 0.333. The molecule has 0 fully saturated rings. The predicted molar refractivity (Wildman–Crippen MR) is 283 cm³/mol. The van der Waals surface area contributed by atoms with Gasteiger partial charge in [0.1, 0.15) is 12.1 Å². The molecule has 0 spiro atoms. The Morgan fingerprint density at radius 3 is 0.943 bits per heavy atom. The summed E-state index contributed by atoms with van der Waals surface area (Å²) in [6.45, 7) is 0. The molecule has 0 N–H and O–H groups in total. The van der Waals surface area contributed by atoms with Crippen LogP contribution >= 0.6 is 0 Å². The summed E-state index contributed by atoms with van der Waals surface area (Å²) in [5, 5.41) is 42.5. The first kappa shape index (κ1) is 39.1. The van der Waals surface area contributed by atoms with Crippen molar-refractivity contribution in [1.82, 2.24) is 18.3 Å². The van der Waals surface area contributed by atoms with Crippen LogP contribution in [-0.4, -0.2) is 18.3 Å². The Kier molecular flexibility index (Phi) is 8.34. The molecule has 0 unspecified atom stereocenters. The second-order valence-electron chi connectivity index (χ2n) is 17.7. The minimum Gasteiger partial charge on any atom is -0.309 e. The van der Waals surface area contributed by atoms with Crippen LogP contribution in [0.4, 0.5) is 0 Å². The van der Waals surface area contributed by atoms with Crippen LogP contribution in [0.1, 0.15) is 16.7 Å². The lowest BCUT2D eigenvalue weighted by Crippen LogP contribution is -2.15. The van der Waals surface area contributed by atoms with Crippen molar-refractivity contribution in [2.24, 2.45) is 0 Å². The Balaban J connectivity index is 1.24. The van der Waals surface area contributed by atoms with E-state index < -0.39 is 0 Å². The molecule has 70 heavy (non-hydrogen) atoms. The van der Waals surface area contributed by atoms with E-state index in [0.29, 0.717) is 44.9 Å². The maximum atomic E-state index is 12.0. The van der Waals surface area contributed by atoms with E-state index in [0.717, 1.165) is 82.1 Å². The Hall–Kier alpha value is -10.1. The fraction of sp³-hybridized carbons (Fsp3) is 0. The Morgan fingerprint density at radius 1 is 0.271 bits per heavy atom. The molecule has 0 saturated carbocycles. The van der Waals surface area contributed by atoms with Gasteiger partial charge < -0.3 is 18.3 Å². The summed E-state index contributed by atoms with van der Waals surface area (Å²) >= 11 is 0. The zero-order chi connectivity index (χ0) is 46.6. The van der Waals surface area contributed by atoms with E-state index in [9.17, 15) is 15.8 Å². The van der Waals surface area contributed by atoms with Gasteiger partial charge in [0.25, 0.3) is 0 Å². The summed E-state index contributed by atoms with van der Waals surface area (Å²) in [7, 11) is 0. The number of nitriles is 3. The Labute approximate surface area is 400 Å². The fourth-order valence-corrected chi connectivity index (χ4v) is 11.4. The van der Waals surface area contributed by atoms with Crippen LogP contribution in [-0.2, 0) is 0 Å². The molecule has 322 valence electrons. The van der Waals surface area contributed by atoms with Crippen LogP contribution in [0.3, 0.4) is 0 Å². The molecule has 7 heteroatoms. The Bertz CT molecular complexity index is 4370. The van der Waals surface area contributed by atoms with Crippen molar-refractivity contribution in [3.05, 3.63) is 229 Å². The van der Waals surface area contributed by atoms with Gasteiger partial charge in [0.05, 0.1) is 84.0 Å². The molecular formula is C63H35N7. The summed E-state index contributed by atoms with van der Waals surface area (Å²) < 4.78 is 9.11. The lowest BCUT2D eigenvalue weighted by atomic mass is 9.90. The largest absolute Gasteiger partial charge is 0.309 e. The topological polar surface area (TPSA) is 91.1 Å². The molecule has 14 aromatic rings. The molecule has 0 bridgehead atoms. The average molecular weight is 890 g/mol. The summed E-state index contributed by atoms with van der Waals surface area (Å²) in [6, 6.07) is 80.6. The Morgan fingerprint density at radius 2 is 0.586 bits per heavy atom. The highest BCUT2D eigenvalue weighted by Gasteiger charge is 2.33. The summed E-state index contributed by atoms with van der Waals surface area (Å²) in [5.41, 5.74) is 13.0. The monoisotopic (exact) mass is 889 g/mol. The van der Waals surface area contributed by atoms with Gasteiger partial charge in [-0.25, -0.2) is 0 Å². The number of para-hydroxylation sites is 7. The minimum atomic E-state index is 0.333. The summed E-state index contributed by atoms with van der Waals surface area (Å²) in [4.78, 5) is 0. The first-order chi connectivity index (χ1) is 34.7. The lowest BCUT2D eigenvalue weighted by molar-refractivity contribution is 1.04. The number of hydrogen-bond acceptors (Lipinski definition) is 3. The number of aromatic nitrogens is 4. The molecular weight excluding hydrogens is 855 g/mol. The molecule has 7 nitrogen and oxygen atoms in total. The van der Waals surface area contributed by atoms with Crippen molar-refractivity contribution in [2.45, 2.75) is 0 Å². The molecule has 0 aliphatic heterocycles. The third kappa shape index (κ3) is 5.30. The third-order valence-corrected chi connectivity index (χ3v) is 14.3. The van der Waals surface area contributed by atoms with Gasteiger partial charge in [-0.3, -0.25) is 0 Å². The van der Waals surface area contributed by atoms with E-state index in [4.69, 9.17) is 0 Å². The van der Waals surface area contributed by atoms with Crippen LogP contribution in [0.25, 0.3) is 121 Å². The molecule has 4 heterocycles. The normalized spacial score (nSPS) is 11.7. The lowest BCUT2D eigenvalue weighted by Gasteiger charge is -2.26. The highest BCUT2D eigenvalue weighted by Crippen LogP contribution is 2.49. The van der Waals surface area contributed by atoms with Crippen LogP contribution < -0.4 is 0 Å². The maximum Gasteiger partial charge on any atom is 0.102 e. The highest BCUT2D eigenvalue weighted by atomic mass is 15.1. The van der Waals surface area contributed by atoms with Gasteiger partial charge in [-0.15, -0.1) is 0 Å². The molecule has 0 radical (unpaired) electrons. The van der Waals surface area contributed by atoms with Gasteiger partial charge >= 0.3 is 0 Å². The van der Waals surface area contributed by atoms with Crippen molar-refractivity contribution in [3.63, 3.8) is 0 Å². The first-order valence-electron chi connectivity index (χ1n) is 23.2. The number of hydrogen-bond donors (Lipinski definition) is 0. The van der Waals surface area contributed by atoms with Gasteiger partial charge in [-0.1, -0.05) is 140 Å². The third-order valence-electron chi connectivity index (χ3n) is 14.3. The highest BCUT2D eigenvalue weighted by molar-refractivity contribution is 6.16. The van der Waals surface area contributed by atoms with Crippen LogP contribution in [0, 0.1) is 34.0 Å². The van der Waals surface area contributed by atoms with E-state index in [1.165, 1.54) is 10.8 Å². The molecule has 0 aliphatic carbocycles. The second-order valence-corrected chi connectivity index (χ2v) is 17.7. The number of fused-ring (bicyclic) bond motifs is 12. The number of benzene rings is 10. The van der Waals surface area contributed by atoms with Crippen molar-refractivity contribution in [2.75, 3.05) is 0 Å². The molecule has 10 aromatic carbocycles. The van der Waals surface area contributed by atoms with E-state index in [1.807, 2.05) is 36.4 Å². The molecule has 0 aliphatic rings. The zero-order valence-electron chi connectivity index (χ0n) is 37.3. The van der Waals surface area contributed by atoms with E-state index >= 15 is 0 Å². The van der Waals surface area contributed by atoms with Gasteiger partial charge in [-0.2, -0.15) is 15.8 Å². The zero-order valence-corrected chi connectivity index (χ0v) is 37.3. The first-order valence-corrected chi connectivity index (χ1v) is 23.2. The van der Waals surface area contributed by atoms with E-state index in [1.54, 1.807) is 12.1 Å². The molecule has 0 saturated heterocycles. The number of rotatable bonds is 5. The summed E-state index contributed by atoms with van der Waals surface area (Å²) in [5.74, 6) is 0. The predicted octanol–water partition coefficient (Wildman–Crippen LogP) is 15.4. The fourth-order valence-electron chi connectivity index (χ4n) is 11.4. The van der Waals surface area contributed by atoms with Gasteiger partial charge in [0.2, 0.25) is 0 Å². The standard InChI is InChI=1S/C63H35N7/c64-36-39-29-31-40(32-30-39)60-50(37-65)61(68-54-24-10-3-17-44(54)45-18-4-11-25-55(45)68)63(62(51(60)38-66)69-56-26-12-5-19-46(56)47-20-6-13-27-57(47)69)70-58-28-14-7-21-48(58)49-35-41(33-34-59(49)70)67-52-22-8-1-15-42(52)43-16-2-9-23-53(43)67/h1-35H. The summed E-state index contributed by atoms with van der Waals surface area (Å²) in [6.07, 6.45) is 0. The number of nitrogens with zero attached hydrogens (tertiary/aromatic N) is 7. The van der Waals surface area contributed by atoms with Crippen molar-refractivity contribution >= 4 is 87.2 Å². The average Bonchev–Trinajstić information content (AvgIpc) is 4.15. The smallest absolute Gasteiger partial charge is 0.102 e. The molecule has 0 amide bonds. The SMILES string of the molecule is N#Cc1ccc(-c2c(C#N)c(-n3c4ccccc4c4ccccc43)c(-n3c4ccccc4c4cc(-n5c6ccccc6c6ccccc65)ccc43)c(-n3c4ccccc4c4ccccc43)c2C#N)cc1. The van der Waals surface area contributed by atoms with Crippen molar-refractivity contribution < 1.29 is 0 Å².